The molecule has 2 aromatic rings. The molecule has 1 aliphatic carbocycles. The van der Waals surface area contributed by atoms with Crippen molar-refractivity contribution in [1.82, 2.24) is 15.5 Å². The number of carbonyl (C=O) groups excluding carboxylic acids is 1. The van der Waals surface area contributed by atoms with E-state index in [1.165, 1.54) is 17.7 Å². The zero-order valence-corrected chi connectivity index (χ0v) is 14.9. The number of aromatic amines is 1. The van der Waals surface area contributed by atoms with Crippen LogP contribution in [0.1, 0.15) is 60.5 Å². The Kier molecular flexibility index (Phi) is 5.51. The molecular weight excluding hydrogens is 317 g/mol. The summed E-state index contributed by atoms with van der Waals surface area (Å²) in [6, 6.07) is 7.09. The van der Waals surface area contributed by atoms with Gasteiger partial charge in [0.1, 0.15) is 5.82 Å². The van der Waals surface area contributed by atoms with Gasteiger partial charge in [-0.25, -0.2) is 4.39 Å². The van der Waals surface area contributed by atoms with Crippen LogP contribution in [0, 0.1) is 19.7 Å². The lowest BCUT2D eigenvalue weighted by atomic mass is 9.81. The van der Waals surface area contributed by atoms with Crippen molar-refractivity contribution in [3.05, 3.63) is 52.6 Å². The highest BCUT2D eigenvalue weighted by molar-refractivity contribution is 5.76. The van der Waals surface area contributed by atoms with E-state index in [2.05, 4.69) is 15.5 Å². The molecule has 1 aliphatic rings. The van der Waals surface area contributed by atoms with E-state index < -0.39 is 0 Å². The lowest BCUT2D eigenvalue weighted by molar-refractivity contribution is -0.122. The molecule has 134 valence electrons. The Bertz CT molecular complexity index is 696. The number of aromatic nitrogens is 2. The maximum atomic E-state index is 13.0. The number of H-pyrrole nitrogens is 1. The number of carbonyl (C=O) groups is 1. The number of halogens is 1. The average Bonchev–Trinajstić information content (AvgIpc) is 2.93. The number of amides is 1. The summed E-state index contributed by atoms with van der Waals surface area (Å²) < 4.78 is 13.0. The van der Waals surface area contributed by atoms with Gasteiger partial charge in [-0.1, -0.05) is 12.1 Å². The van der Waals surface area contributed by atoms with E-state index in [-0.39, 0.29) is 17.8 Å². The predicted octanol–water partition coefficient (Wildman–Crippen LogP) is 3.94. The zero-order chi connectivity index (χ0) is 17.8. The third-order valence-electron chi connectivity index (χ3n) is 5.32. The summed E-state index contributed by atoms with van der Waals surface area (Å²) in [5, 5.41) is 10.3. The Hall–Kier alpha value is -2.17. The van der Waals surface area contributed by atoms with Gasteiger partial charge in [-0.2, -0.15) is 5.10 Å². The summed E-state index contributed by atoms with van der Waals surface area (Å²) in [5.74, 6) is 0.406. The van der Waals surface area contributed by atoms with Gasteiger partial charge in [0.05, 0.1) is 5.69 Å². The molecule has 1 amide bonds. The number of aryl methyl sites for hydroxylation is 2. The molecule has 0 saturated heterocycles. The molecule has 0 radical (unpaired) electrons. The molecule has 0 bridgehead atoms. The second-order valence-electron chi connectivity index (χ2n) is 7.08. The summed E-state index contributed by atoms with van der Waals surface area (Å²) in [5.41, 5.74) is 4.38. The summed E-state index contributed by atoms with van der Waals surface area (Å²) in [6.07, 6.45) is 5.27. The van der Waals surface area contributed by atoms with E-state index in [1.54, 1.807) is 0 Å². The van der Waals surface area contributed by atoms with Gasteiger partial charge in [0, 0.05) is 18.2 Å². The Morgan fingerprint density at radius 2 is 1.88 bits per heavy atom. The van der Waals surface area contributed by atoms with E-state index in [1.807, 2.05) is 26.0 Å². The smallest absolute Gasteiger partial charge is 0.220 e. The van der Waals surface area contributed by atoms with Crippen molar-refractivity contribution in [1.29, 1.82) is 0 Å². The van der Waals surface area contributed by atoms with Crippen LogP contribution >= 0.6 is 0 Å². The van der Waals surface area contributed by atoms with Crippen molar-refractivity contribution in [2.75, 3.05) is 0 Å². The minimum absolute atomic E-state index is 0.116. The third-order valence-corrected chi connectivity index (χ3v) is 5.32. The van der Waals surface area contributed by atoms with Crippen LogP contribution in [-0.2, 0) is 11.2 Å². The highest BCUT2D eigenvalue weighted by atomic mass is 19.1. The molecule has 25 heavy (non-hydrogen) atoms. The molecule has 1 fully saturated rings. The van der Waals surface area contributed by atoms with Crippen LogP contribution in [0.5, 0.6) is 0 Å². The van der Waals surface area contributed by atoms with Gasteiger partial charge in [0.25, 0.3) is 0 Å². The number of rotatable bonds is 5. The monoisotopic (exact) mass is 343 g/mol. The van der Waals surface area contributed by atoms with E-state index in [0.717, 1.165) is 49.1 Å². The second kappa shape index (κ2) is 7.81. The van der Waals surface area contributed by atoms with Crippen LogP contribution in [0.3, 0.4) is 0 Å². The van der Waals surface area contributed by atoms with E-state index >= 15 is 0 Å². The summed E-state index contributed by atoms with van der Waals surface area (Å²) in [7, 11) is 0. The van der Waals surface area contributed by atoms with E-state index in [0.29, 0.717) is 12.3 Å². The zero-order valence-electron chi connectivity index (χ0n) is 14.9. The summed E-state index contributed by atoms with van der Waals surface area (Å²) in [6.45, 7) is 3.96. The highest BCUT2D eigenvalue weighted by Gasteiger charge is 2.23. The molecule has 5 heteroatoms. The van der Waals surface area contributed by atoms with Gasteiger partial charge in [0.15, 0.2) is 0 Å². The lowest BCUT2D eigenvalue weighted by Crippen LogP contribution is -2.37. The molecule has 1 aromatic heterocycles. The lowest BCUT2D eigenvalue weighted by Gasteiger charge is -2.29. The number of benzene rings is 1. The fourth-order valence-electron chi connectivity index (χ4n) is 3.79. The Morgan fingerprint density at radius 1 is 1.20 bits per heavy atom. The van der Waals surface area contributed by atoms with Gasteiger partial charge in [-0.3, -0.25) is 9.89 Å². The predicted molar refractivity (Wildman–Crippen MR) is 95.9 cm³/mol. The van der Waals surface area contributed by atoms with Crippen molar-refractivity contribution < 1.29 is 9.18 Å². The Balaban J connectivity index is 1.44. The number of nitrogens with zero attached hydrogens (tertiary/aromatic N) is 1. The fourth-order valence-corrected chi connectivity index (χ4v) is 3.79. The van der Waals surface area contributed by atoms with Crippen LogP contribution in [0.4, 0.5) is 4.39 Å². The molecule has 0 aliphatic heterocycles. The summed E-state index contributed by atoms with van der Waals surface area (Å²) in [4.78, 5) is 12.2. The van der Waals surface area contributed by atoms with Crippen LogP contribution in [0.15, 0.2) is 24.3 Å². The molecule has 1 aromatic carbocycles. The fraction of sp³-hybridized carbons (Fsp3) is 0.500. The minimum atomic E-state index is -0.187. The van der Waals surface area contributed by atoms with E-state index in [4.69, 9.17) is 0 Å². The van der Waals surface area contributed by atoms with Crippen LogP contribution in [0.2, 0.25) is 0 Å². The van der Waals surface area contributed by atoms with Gasteiger partial charge in [-0.05, 0) is 75.1 Å². The van der Waals surface area contributed by atoms with Crippen LogP contribution in [0.25, 0.3) is 0 Å². The Morgan fingerprint density at radius 3 is 2.48 bits per heavy atom. The first-order valence-corrected chi connectivity index (χ1v) is 9.08. The number of nitrogens with one attached hydrogen (secondary N) is 2. The van der Waals surface area contributed by atoms with Gasteiger partial charge < -0.3 is 5.32 Å². The number of hydrogen-bond acceptors (Lipinski definition) is 2. The van der Waals surface area contributed by atoms with Crippen LogP contribution in [-0.4, -0.2) is 22.1 Å². The average molecular weight is 343 g/mol. The Labute approximate surface area is 148 Å². The number of hydrogen-bond donors (Lipinski definition) is 2. The van der Waals surface area contributed by atoms with Crippen molar-refractivity contribution >= 4 is 5.91 Å². The van der Waals surface area contributed by atoms with Crippen molar-refractivity contribution in [2.45, 2.75) is 64.3 Å². The van der Waals surface area contributed by atoms with Gasteiger partial charge in [0.2, 0.25) is 5.91 Å². The van der Waals surface area contributed by atoms with Gasteiger partial charge in [-0.15, -0.1) is 0 Å². The largest absolute Gasteiger partial charge is 0.353 e. The van der Waals surface area contributed by atoms with Crippen molar-refractivity contribution in [2.24, 2.45) is 0 Å². The van der Waals surface area contributed by atoms with Gasteiger partial charge >= 0.3 is 0 Å². The maximum absolute atomic E-state index is 13.0. The van der Waals surface area contributed by atoms with Crippen molar-refractivity contribution in [3.63, 3.8) is 0 Å². The van der Waals surface area contributed by atoms with Crippen LogP contribution < -0.4 is 5.32 Å². The SMILES string of the molecule is Cc1n[nH]c(C)c1CCC(=O)NC1CCC(c2ccc(F)cc2)CC1. The quantitative estimate of drug-likeness (QED) is 0.864. The second-order valence-corrected chi connectivity index (χ2v) is 7.08. The first-order chi connectivity index (χ1) is 12.0. The topological polar surface area (TPSA) is 57.8 Å². The van der Waals surface area contributed by atoms with Crippen molar-refractivity contribution in [3.8, 4) is 0 Å². The molecule has 3 rings (SSSR count). The molecular formula is C20H26FN3O. The standard InChI is InChI=1S/C20H26FN3O/c1-13-19(14(2)24-23-13)11-12-20(25)22-18-9-5-16(6-10-18)15-3-7-17(21)8-4-15/h3-4,7-8,16,18H,5-6,9-12H2,1-2H3,(H,22,25)(H,23,24). The molecule has 0 spiro atoms. The molecule has 4 nitrogen and oxygen atoms in total. The molecule has 1 saturated carbocycles. The third kappa shape index (κ3) is 4.47. The molecule has 0 unspecified atom stereocenters. The van der Waals surface area contributed by atoms with E-state index in [9.17, 15) is 9.18 Å². The molecule has 1 heterocycles. The molecule has 0 atom stereocenters. The first kappa shape index (κ1) is 17.6. The first-order valence-electron chi connectivity index (χ1n) is 9.08. The normalized spacial score (nSPS) is 20.4. The maximum Gasteiger partial charge on any atom is 0.220 e. The minimum Gasteiger partial charge on any atom is -0.353 e. The summed E-state index contributed by atoms with van der Waals surface area (Å²) >= 11 is 0. The highest BCUT2D eigenvalue weighted by Crippen LogP contribution is 2.32. The molecule has 2 N–H and O–H groups in total.